The Morgan fingerprint density at radius 1 is 1.25 bits per heavy atom. The zero-order valence-corrected chi connectivity index (χ0v) is 14.3. The zero-order valence-electron chi connectivity index (χ0n) is 14.3. The van der Waals surface area contributed by atoms with Crippen LogP contribution in [0.3, 0.4) is 0 Å². The molecule has 124 valence electrons. The molecule has 24 heavy (non-hydrogen) atoms. The van der Waals surface area contributed by atoms with Crippen LogP contribution in [0.2, 0.25) is 0 Å². The molecule has 2 heterocycles. The van der Waals surface area contributed by atoms with Gasteiger partial charge in [-0.2, -0.15) is 0 Å². The highest BCUT2D eigenvalue weighted by Crippen LogP contribution is 2.18. The third-order valence-corrected chi connectivity index (χ3v) is 4.14. The van der Waals surface area contributed by atoms with Crippen molar-refractivity contribution in [3.8, 4) is 0 Å². The summed E-state index contributed by atoms with van der Waals surface area (Å²) in [6, 6.07) is 9.84. The van der Waals surface area contributed by atoms with Crippen molar-refractivity contribution in [3.63, 3.8) is 0 Å². The Labute approximate surface area is 141 Å². The summed E-state index contributed by atoms with van der Waals surface area (Å²) in [5.74, 6) is 0. The fraction of sp³-hybridized carbons (Fsp3) is 0.263. The highest BCUT2D eigenvalue weighted by Gasteiger charge is 2.08. The third kappa shape index (κ3) is 3.40. The minimum absolute atomic E-state index is 0.179. The van der Waals surface area contributed by atoms with Crippen LogP contribution >= 0.6 is 0 Å². The maximum atomic E-state index is 12.1. The van der Waals surface area contributed by atoms with Crippen molar-refractivity contribution in [1.29, 1.82) is 0 Å². The molecule has 3 rings (SSSR count). The van der Waals surface area contributed by atoms with Crippen LogP contribution in [0.25, 0.3) is 11.0 Å². The quantitative estimate of drug-likeness (QED) is 0.771. The summed E-state index contributed by atoms with van der Waals surface area (Å²) in [6.07, 6.45) is 4.63. The lowest BCUT2D eigenvalue weighted by atomic mass is 10.1. The number of urea groups is 1. The molecule has 0 radical (unpaired) electrons. The van der Waals surface area contributed by atoms with E-state index in [-0.39, 0.29) is 6.03 Å². The molecule has 1 aromatic carbocycles. The van der Waals surface area contributed by atoms with E-state index in [2.05, 4.69) is 27.9 Å². The number of amides is 2. The Balaban J connectivity index is 1.59. The number of fused-ring (bicyclic) bond motifs is 1. The van der Waals surface area contributed by atoms with Gasteiger partial charge in [-0.1, -0.05) is 12.1 Å². The third-order valence-electron chi connectivity index (χ3n) is 4.14. The van der Waals surface area contributed by atoms with Gasteiger partial charge in [0.25, 0.3) is 0 Å². The molecule has 0 saturated heterocycles. The lowest BCUT2D eigenvalue weighted by molar-refractivity contribution is 0.252. The number of aryl methyl sites for hydroxylation is 3. The van der Waals surface area contributed by atoms with Crippen molar-refractivity contribution in [3.05, 3.63) is 59.4 Å². The molecular formula is C19H22N4O. The summed E-state index contributed by atoms with van der Waals surface area (Å²) in [4.78, 5) is 16.5. The van der Waals surface area contributed by atoms with Gasteiger partial charge in [-0.05, 0) is 55.2 Å². The number of hydrogen-bond donors (Lipinski definition) is 2. The summed E-state index contributed by atoms with van der Waals surface area (Å²) in [5.41, 5.74) is 5.18. The van der Waals surface area contributed by atoms with Crippen LogP contribution in [0, 0.1) is 13.8 Å². The van der Waals surface area contributed by atoms with Gasteiger partial charge in [-0.15, -0.1) is 0 Å². The average molecular weight is 322 g/mol. The lowest BCUT2D eigenvalue weighted by Crippen LogP contribution is -2.30. The Morgan fingerprint density at radius 2 is 2.08 bits per heavy atom. The van der Waals surface area contributed by atoms with E-state index in [9.17, 15) is 4.79 Å². The minimum atomic E-state index is -0.179. The van der Waals surface area contributed by atoms with Gasteiger partial charge in [0, 0.05) is 37.1 Å². The number of anilines is 1. The average Bonchev–Trinajstić information content (AvgIpc) is 2.88. The predicted molar refractivity (Wildman–Crippen MR) is 97.4 cm³/mol. The van der Waals surface area contributed by atoms with E-state index in [1.54, 1.807) is 6.20 Å². The molecule has 2 amide bonds. The number of carbonyl (C=O) groups excluding carboxylic acids is 1. The van der Waals surface area contributed by atoms with Crippen molar-refractivity contribution in [2.45, 2.75) is 20.3 Å². The van der Waals surface area contributed by atoms with E-state index >= 15 is 0 Å². The molecule has 0 spiro atoms. The molecule has 5 heteroatoms. The van der Waals surface area contributed by atoms with Gasteiger partial charge < -0.3 is 15.2 Å². The Bertz CT molecular complexity index is 882. The maximum absolute atomic E-state index is 12.1. The molecule has 0 unspecified atom stereocenters. The van der Waals surface area contributed by atoms with Gasteiger partial charge in [0.15, 0.2) is 0 Å². The summed E-state index contributed by atoms with van der Waals surface area (Å²) in [7, 11) is 1.99. The Hall–Kier alpha value is -2.82. The van der Waals surface area contributed by atoms with Gasteiger partial charge in [0.2, 0.25) is 0 Å². The normalized spacial score (nSPS) is 10.8. The highest BCUT2D eigenvalue weighted by molar-refractivity contribution is 5.90. The van der Waals surface area contributed by atoms with E-state index < -0.39 is 0 Å². The first kappa shape index (κ1) is 16.1. The topological polar surface area (TPSA) is 59.0 Å². The molecule has 0 atom stereocenters. The van der Waals surface area contributed by atoms with E-state index in [1.165, 1.54) is 5.56 Å². The van der Waals surface area contributed by atoms with Gasteiger partial charge in [0.1, 0.15) is 5.65 Å². The number of rotatable bonds is 4. The highest BCUT2D eigenvalue weighted by atomic mass is 16.2. The summed E-state index contributed by atoms with van der Waals surface area (Å²) in [5, 5.41) is 6.97. The first-order valence-electron chi connectivity index (χ1n) is 8.05. The van der Waals surface area contributed by atoms with Crippen LogP contribution in [0.1, 0.15) is 16.7 Å². The van der Waals surface area contributed by atoms with E-state index in [0.29, 0.717) is 6.54 Å². The molecule has 2 aromatic heterocycles. The number of hydrogen-bond acceptors (Lipinski definition) is 2. The lowest BCUT2D eigenvalue weighted by Gasteiger charge is -2.10. The van der Waals surface area contributed by atoms with Crippen LogP contribution in [0.5, 0.6) is 0 Å². The van der Waals surface area contributed by atoms with Gasteiger partial charge >= 0.3 is 6.03 Å². The second kappa shape index (κ2) is 6.74. The van der Waals surface area contributed by atoms with Crippen molar-refractivity contribution in [1.82, 2.24) is 14.9 Å². The standard InChI is InChI=1S/C19H22N4O/c1-13-6-7-14(2)17(11-13)22-19(24)21-10-8-15-12-23(3)18-16(15)5-4-9-20-18/h4-7,9,11-12H,8,10H2,1-3H3,(H2,21,22,24). The van der Waals surface area contributed by atoms with Crippen molar-refractivity contribution >= 4 is 22.8 Å². The molecule has 2 N–H and O–H groups in total. The number of nitrogens with zero attached hydrogens (tertiary/aromatic N) is 2. The van der Waals surface area contributed by atoms with Crippen LogP contribution < -0.4 is 10.6 Å². The summed E-state index contributed by atoms with van der Waals surface area (Å²) < 4.78 is 2.01. The first-order chi connectivity index (χ1) is 11.5. The predicted octanol–water partition coefficient (Wildman–Crippen LogP) is 3.55. The monoisotopic (exact) mass is 322 g/mol. The van der Waals surface area contributed by atoms with E-state index in [1.807, 2.05) is 49.7 Å². The Morgan fingerprint density at radius 3 is 2.92 bits per heavy atom. The number of carbonyl (C=O) groups is 1. The largest absolute Gasteiger partial charge is 0.338 e. The first-order valence-corrected chi connectivity index (χ1v) is 8.05. The summed E-state index contributed by atoms with van der Waals surface area (Å²) >= 11 is 0. The molecule has 0 fully saturated rings. The maximum Gasteiger partial charge on any atom is 0.319 e. The van der Waals surface area contributed by atoms with Crippen LogP contribution in [0.4, 0.5) is 10.5 Å². The fourth-order valence-corrected chi connectivity index (χ4v) is 2.84. The molecule has 3 aromatic rings. The molecule has 0 saturated carbocycles. The van der Waals surface area contributed by atoms with Gasteiger partial charge in [0.05, 0.1) is 0 Å². The van der Waals surface area contributed by atoms with Crippen molar-refractivity contribution in [2.24, 2.45) is 7.05 Å². The fourth-order valence-electron chi connectivity index (χ4n) is 2.84. The minimum Gasteiger partial charge on any atom is -0.338 e. The van der Waals surface area contributed by atoms with Gasteiger partial charge in [-0.25, -0.2) is 9.78 Å². The number of benzene rings is 1. The van der Waals surface area contributed by atoms with Gasteiger partial charge in [-0.3, -0.25) is 0 Å². The van der Waals surface area contributed by atoms with Crippen molar-refractivity contribution < 1.29 is 4.79 Å². The number of nitrogens with one attached hydrogen (secondary N) is 2. The van der Waals surface area contributed by atoms with Crippen LogP contribution in [-0.2, 0) is 13.5 Å². The number of pyridine rings is 1. The van der Waals surface area contributed by atoms with E-state index in [0.717, 1.165) is 34.3 Å². The summed E-state index contributed by atoms with van der Waals surface area (Å²) in [6.45, 7) is 4.57. The SMILES string of the molecule is Cc1ccc(C)c(NC(=O)NCCc2cn(C)c3ncccc23)c1. The molecule has 0 aliphatic carbocycles. The van der Waals surface area contributed by atoms with Crippen LogP contribution in [0.15, 0.2) is 42.7 Å². The smallest absolute Gasteiger partial charge is 0.319 e. The molecule has 0 aliphatic rings. The molecule has 0 bridgehead atoms. The molecule has 5 nitrogen and oxygen atoms in total. The molecule has 0 aliphatic heterocycles. The zero-order chi connectivity index (χ0) is 17.1. The second-order valence-corrected chi connectivity index (χ2v) is 6.09. The Kier molecular flexibility index (Phi) is 4.51. The van der Waals surface area contributed by atoms with Crippen LogP contribution in [-0.4, -0.2) is 22.1 Å². The van der Waals surface area contributed by atoms with Crippen molar-refractivity contribution in [2.75, 3.05) is 11.9 Å². The van der Waals surface area contributed by atoms with E-state index in [4.69, 9.17) is 0 Å². The number of aromatic nitrogens is 2. The second-order valence-electron chi connectivity index (χ2n) is 6.09. The molecular weight excluding hydrogens is 300 g/mol.